The van der Waals surface area contributed by atoms with Crippen molar-refractivity contribution in [1.29, 1.82) is 0 Å². The molecular weight excluding hydrogens is 300 g/mol. The summed E-state index contributed by atoms with van der Waals surface area (Å²) in [6, 6.07) is 3.27. The van der Waals surface area contributed by atoms with Crippen LogP contribution in [0.1, 0.15) is 36.2 Å². The number of methoxy groups -OCH3 is 1. The molecule has 1 unspecified atom stereocenters. The average molecular weight is 320 g/mol. The van der Waals surface area contributed by atoms with Crippen LogP contribution in [-0.4, -0.2) is 23.1 Å². The largest absolute Gasteiger partial charge is 0.481 e. The molecule has 2 aromatic rings. The molecule has 0 aliphatic rings. The molecule has 0 fully saturated rings. The minimum atomic E-state index is -0.227. The van der Waals surface area contributed by atoms with Crippen LogP contribution in [0.2, 0.25) is 0 Å². The number of urea groups is 1. The predicted octanol–water partition coefficient (Wildman–Crippen LogP) is 2.67. The van der Waals surface area contributed by atoms with Gasteiger partial charge in [0, 0.05) is 24.2 Å². The van der Waals surface area contributed by atoms with Gasteiger partial charge >= 0.3 is 6.03 Å². The van der Waals surface area contributed by atoms with Gasteiger partial charge in [0.1, 0.15) is 0 Å². The van der Waals surface area contributed by atoms with Gasteiger partial charge in [-0.3, -0.25) is 0 Å². The molecule has 2 heterocycles. The number of carbonyl (C=O) groups excluding carboxylic acids is 1. The lowest BCUT2D eigenvalue weighted by atomic mass is 10.2. The Hall–Kier alpha value is -2.15. The summed E-state index contributed by atoms with van der Waals surface area (Å²) in [7, 11) is 1.56. The molecule has 0 saturated carbocycles. The van der Waals surface area contributed by atoms with E-state index in [-0.39, 0.29) is 12.1 Å². The zero-order chi connectivity index (χ0) is 15.9. The maximum atomic E-state index is 11.9. The van der Waals surface area contributed by atoms with Crippen LogP contribution in [-0.2, 0) is 13.0 Å². The second-order valence-corrected chi connectivity index (χ2v) is 5.72. The smallest absolute Gasteiger partial charge is 0.315 e. The van der Waals surface area contributed by atoms with Gasteiger partial charge in [0.15, 0.2) is 0 Å². The number of aromatic nitrogens is 2. The van der Waals surface area contributed by atoms with Gasteiger partial charge in [-0.2, -0.15) is 0 Å². The fourth-order valence-electron chi connectivity index (χ4n) is 1.86. The van der Waals surface area contributed by atoms with Crippen LogP contribution in [0.5, 0.6) is 5.88 Å². The first kappa shape index (κ1) is 16.2. The molecular formula is C15H20N4O2S. The molecule has 0 spiro atoms. The summed E-state index contributed by atoms with van der Waals surface area (Å²) in [4.78, 5) is 20.4. The van der Waals surface area contributed by atoms with Crippen molar-refractivity contribution in [3.05, 3.63) is 40.0 Å². The van der Waals surface area contributed by atoms with E-state index in [0.29, 0.717) is 12.4 Å². The van der Waals surface area contributed by atoms with Gasteiger partial charge in [0.05, 0.1) is 23.9 Å². The van der Waals surface area contributed by atoms with Crippen molar-refractivity contribution < 1.29 is 9.53 Å². The fraction of sp³-hybridized carbons (Fsp3) is 0.400. The average Bonchev–Trinajstić information content (AvgIpc) is 3.02. The number of nitrogens with one attached hydrogen (secondary N) is 2. The lowest BCUT2D eigenvalue weighted by molar-refractivity contribution is 0.237. The van der Waals surface area contributed by atoms with Crippen molar-refractivity contribution in [3.63, 3.8) is 0 Å². The Morgan fingerprint density at radius 2 is 2.32 bits per heavy atom. The molecule has 0 saturated heterocycles. The summed E-state index contributed by atoms with van der Waals surface area (Å²) < 4.78 is 5.05. The van der Waals surface area contributed by atoms with E-state index in [1.54, 1.807) is 30.7 Å². The molecule has 1 atom stereocenters. The molecule has 118 valence electrons. The van der Waals surface area contributed by atoms with E-state index in [1.807, 2.05) is 18.4 Å². The number of rotatable bonds is 6. The number of hydrogen-bond acceptors (Lipinski definition) is 5. The van der Waals surface area contributed by atoms with E-state index in [9.17, 15) is 4.79 Å². The molecule has 0 aliphatic heterocycles. The number of carbonyl (C=O) groups is 1. The Kier molecular flexibility index (Phi) is 5.71. The molecule has 0 aromatic carbocycles. The van der Waals surface area contributed by atoms with Crippen molar-refractivity contribution in [3.8, 4) is 5.88 Å². The molecule has 0 bridgehead atoms. The topological polar surface area (TPSA) is 76.1 Å². The second kappa shape index (κ2) is 7.74. The lowest BCUT2D eigenvalue weighted by Crippen LogP contribution is -2.36. The SMILES string of the molecule is CCc1nc(C(C)NC(=O)NCc2ccnc(OC)c2)cs1. The van der Waals surface area contributed by atoms with Gasteiger partial charge in [-0.05, 0) is 25.0 Å². The number of amides is 2. The van der Waals surface area contributed by atoms with E-state index < -0.39 is 0 Å². The van der Waals surface area contributed by atoms with Crippen molar-refractivity contribution in [2.45, 2.75) is 32.9 Å². The molecule has 7 heteroatoms. The molecule has 2 rings (SSSR count). The van der Waals surface area contributed by atoms with E-state index in [0.717, 1.165) is 22.7 Å². The van der Waals surface area contributed by atoms with Crippen molar-refractivity contribution >= 4 is 17.4 Å². The van der Waals surface area contributed by atoms with Crippen molar-refractivity contribution in [1.82, 2.24) is 20.6 Å². The molecule has 2 amide bonds. The second-order valence-electron chi connectivity index (χ2n) is 4.77. The first-order valence-corrected chi connectivity index (χ1v) is 7.98. The normalized spacial score (nSPS) is 11.8. The lowest BCUT2D eigenvalue weighted by Gasteiger charge is -2.13. The first-order valence-electron chi connectivity index (χ1n) is 7.10. The number of aryl methyl sites for hydroxylation is 1. The van der Waals surface area contributed by atoms with Gasteiger partial charge in [0.25, 0.3) is 0 Å². The summed E-state index contributed by atoms with van der Waals surface area (Å²) in [6.45, 7) is 4.40. The van der Waals surface area contributed by atoms with Crippen molar-refractivity contribution in [2.75, 3.05) is 7.11 Å². The maximum Gasteiger partial charge on any atom is 0.315 e. The van der Waals surface area contributed by atoms with Crippen LogP contribution < -0.4 is 15.4 Å². The van der Waals surface area contributed by atoms with Gasteiger partial charge in [0.2, 0.25) is 5.88 Å². The van der Waals surface area contributed by atoms with Crippen LogP contribution in [0.4, 0.5) is 4.79 Å². The highest BCUT2D eigenvalue weighted by atomic mass is 32.1. The highest BCUT2D eigenvalue weighted by Gasteiger charge is 2.12. The number of ether oxygens (including phenoxy) is 1. The Labute approximate surface area is 133 Å². The van der Waals surface area contributed by atoms with Gasteiger partial charge < -0.3 is 15.4 Å². The summed E-state index contributed by atoms with van der Waals surface area (Å²) in [5.74, 6) is 0.530. The summed E-state index contributed by atoms with van der Waals surface area (Å²) >= 11 is 1.62. The minimum absolute atomic E-state index is 0.122. The number of thiazole rings is 1. The summed E-state index contributed by atoms with van der Waals surface area (Å²) in [6.07, 6.45) is 2.56. The van der Waals surface area contributed by atoms with Gasteiger partial charge in [-0.1, -0.05) is 6.92 Å². The summed E-state index contributed by atoms with van der Waals surface area (Å²) in [5.41, 5.74) is 1.82. The zero-order valence-electron chi connectivity index (χ0n) is 12.9. The van der Waals surface area contributed by atoms with E-state index in [2.05, 4.69) is 27.5 Å². The Bertz CT molecular complexity index is 630. The predicted molar refractivity (Wildman–Crippen MR) is 86.1 cm³/mol. The van der Waals surface area contributed by atoms with Gasteiger partial charge in [-0.25, -0.2) is 14.8 Å². The first-order chi connectivity index (χ1) is 10.6. The molecule has 22 heavy (non-hydrogen) atoms. The van der Waals surface area contributed by atoms with Crippen molar-refractivity contribution in [2.24, 2.45) is 0 Å². The molecule has 2 aromatic heterocycles. The maximum absolute atomic E-state index is 11.9. The molecule has 6 nitrogen and oxygen atoms in total. The van der Waals surface area contributed by atoms with E-state index >= 15 is 0 Å². The Balaban J connectivity index is 1.84. The third-order valence-corrected chi connectivity index (χ3v) is 4.14. The fourth-order valence-corrected chi connectivity index (χ4v) is 2.70. The third kappa shape index (κ3) is 4.42. The third-order valence-electron chi connectivity index (χ3n) is 3.12. The monoisotopic (exact) mass is 320 g/mol. The quantitative estimate of drug-likeness (QED) is 0.858. The van der Waals surface area contributed by atoms with Crippen LogP contribution in [0, 0.1) is 0 Å². The minimum Gasteiger partial charge on any atom is -0.481 e. The summed E-state index contributed by atoms with van der Waals surface area (Å²) in [5, 5.41) is 8.75. The van der Waals surface area contributed by atoms with E-state index in [1.165, 1.54) is 0 Å². The molecule has 0 radical (unpaired) electrons. The van der Waals surface area contributed by atoms with Crippen LogP contribution in [0.3, 0.4) is 0 Å². The van der Waals surface area contributed by atoms with Gasteiger partial charge in [-0.15, -0.1) is 11.3 Å². The highest BCUT2D eigenvalue weighted by Crippen LogP contribution is 2.16. The zero-order valence-corrected chi connectivity index (χ0v) is 13.7. The number of pyridine rings is 1. The van der Waals surface area contributed by atoms with Crippen LogP contribution >= 0.6 is 11.3 Å². The Morgan fingerprint density at radius 1 is 1.50 bits per heavy atom. The van der Waals surface area contributed by atoms with Crippen LogP contribution in [0.25, 0.3) is 0 Å². The molecule has 0 aliphatic carbocycles. The number of hydrogen-bond donors (Lipinski definition) is 2. The molecule has 2 N–H and O–H groups in total. The van der Waals surface area contributed by atoms with E-state index in [4.69, 9.17) is 4.74 Å². The van der Waals surface area contributed by atoms with Crippen LogP contribution in [0.15, 0.2) is 23.7 Å². The Morgan fingerprint density at radius 3 is 3.00 bits per heavy atom. The number of nitrogens with zero attached hydrogens (tertiary/aromatic N) is 2. The highest BCUT2D eigenvalue weighted by molar-refractivity contribution is 7.09. The standard InChI is InChI=1S/C15H20N4O2S/c1-4-14-19-12(9-22-14)10(2)18-15(20)17-8-11-5-6-16-13(7-11)21-3/h5-7,9-10H,4,8H2,1-3H3,(H2,17,18,20).